The Hall–Kier alpha value is -2.62. The molecule has 3 rings (SSSR count). The number of aromatic nitrogens is 2. The molecule has 2 aromatic rings. The van der Waals surface area contributed by atoms with Crippen LogP contribution in [-0.2, 0) is 10.9 Å². The number of ether oxygens (including phenoxy) is 2. The van der Waals surface area contributed by atoms with Gasteiger partial charge in [-0.15, -0.1) is 0 Å². The Morgan fingerprint density at radius 1 is 1.27 bits per heavy atom. The number of esters is 1. The van der Waals surface area contributed by atoms with Gasteiger partial charge in [0, 0.05) is 6.07 Å². The van der Waals surface area contributed by atoms with Crippen LogP contribution in [-0.4, -0.2) is 28.2 Å². The van der Waals surface area contributed by atoms with Gasteiger partial charge >= 0.3 is 18.2 Å². The smallest absolute Gasteiger partial charge is 0.433 e. The molecular formula is C19H17ClF4N2O4. The van der Waals surface area contributed by atoms with Crippen LogP contribution in [0.25, 0.3) is 5.69 Å². The molecule has 1 aromatic carbocycles. The maximum atomic E-state index is 14.6. The van der Waals surface area contributed by atoms with Gasteiger partial charge < -0.3 is 9.47 Å². The molecule has 1 heterocycles. The lowest BCUT2D eigenvalue weighted by atomic mass is 10.1. The minimum Gasteiger partial charge on any atom is -0.465 e. The highest BCUT2D eigenvalue weighted by molar-refractivity contribution is 6.33. The van der Waals surface area contributed by atoms with Gasteiger partial charge in [0.25, 0.3) is 5.56 Å². The van der Waals surface area contributed by atoms with Crippen molar-refractivity contribution in [2.45, 2.75) is 44.9 Å². The van der Waals surface area contributed by atoms with Crippen LogP contribution in [0.15, 0.2) is 23.0 Å². The second-order valence-corrected chi connectivity index (χ2v) is 7.03. The SMILES string of the molecule is CCOc1nc(C(F)(F)F)cc(=O)n1-c1cc(C(=O)OC2CCCC2)c(Cl)cc1F. The van der Waals surface area contributed by atoms with E-state index in [0.29, 0.717) is 17.4 Å². The van der Waals surface area contributed by atoms with Crippen molar-refractivity contribution in [3.63, 3.8) is 0 Å². The van der Waals surface area contributed by atoms with E-state index in [1.807, 2.05) is 0 Å². The van der Waals surface area contributed by atoms with Crippen LogP contribution in [0.3, 0.4) is 0 Å². The summed E-state index contributed by atoms with van der Waals surface area (Å²) >= 11 is 5.97. The van der Waals surface area contributed by atoms with Crippen LogP contribution >= 0.6 is 11.6 Å². The maximum Gasteiger partial charge on any atom is 0.433 e. The van der Waals surface area contributed by atoms with Crippen LogP contribution in [0, 0.1) is 5.82 Å². The topological polar surface area (TPSA) is 70.4 Å². The number of carbonyl (C=O) groups excluding carboxylic acids is 1. The third-order valence-corrected chi connectivity index (χ3v) is 4.84. The molecule has 162 valence electrons. The zero-order valence-electron chi connectivity index (χ0n) is 15.8. The summed E-state index contributed by atoms with van der Waals surface area (Å²) in [7, 11) is 0. The van der Waals surface area contributed by atoms with Gasteiger partial charge in [-0.1, -0.05) is 11.6 Å². The summed E-state index contributed by atoms with van der Waals surface area (Å²) in [5.41, 5.74) is -3.48. The number of hydrogen-bond donors (Lipinski definition) is 0. The van der Waals surface area contributed by atoms with Gasteiger partial charge in [0.2, 0.25) is 0 Å². The predicted molar refractivity (Wildman–Crippen MR) is 98.6 cm³/mol. The first-order chi connectivity index (χ1) is 14.1. The van der Waals surface area contributed by atoms with Gasteiger partial charge in [-0.3, -0.25) is 4.79 Å². The number of alkyl halides is 3. The molecule has 0 saturated heterocycles. The second kappa shape index (κ2) is 8.63. The van der Waals surface area contributed by atoms with Gasteiger partial charge in [-0.05, 0) is 44.7 Å². The molecule has 0 amide bonds. The van der Waals surface area contributed by atoms with E-state index in [1.54, 1.807) is 0 Å². The highest BCUT2D eigenvalue weighted by atomic mass is 35.5. The van der Waals surface area contributed by atoms with Crippen molar-refractivity contribution in [1.29, 1.82) is 0 Å². The lowest BCUT2D eigenvalue weighted by Gasteiger charge is -2.17. The molecule has 1 saturated carbocycles. The molecule has 6 nitrogen and oxygen atoms in total. The van der Waals surface area contributed by atoms with Crippen molar-refractivity contribution in [2.75, 3.05) is 6.61 Å². The minimum absolute atomic E-state index is 0.139. The number of benzene rings is 1. The lowest BCUT2D eigenvalue weighted by molar-refractivity contribution is -0.141. The average molecular weight is 449 g/mol. The number of rotatable bonds is 5. The summed E-state index contributed by atoms with van der Waals surface area (Å²) in [5, 5.41) is -0.259. The zero-order valence-corrected chi connectivity index (χ0v) is 16.5. The number of hydrogen-bond acceptors (Lipinski definition) is 5. The largest absolute Gasteiger partial charge is 0.465 e. The molecule has 11 heteroatoms. The zero-order chi connectivity index (χ0) is 22.1. The molecule has 1 aliphatic carbocycles. The molecule has 0 spiro atoms. The van der Waals surface area contributed by atoms with Crippen molar-refractivity contribution in [3.05, 3.63) is 50.7 Å². The standard InChI is InChI=1S/C19H17ClF4N2O4/c1-2-29-18-25-15(19(22,23)24)9-16(27)26(18)14-7-11(12(20)8-13(14)21)17(28)30-10-5-3-4-6-10/h7-10H,2-6H2,1H3. The van der Waals surface area contributed by atoms with Gasteiger partial charge in [0.05, 0.1) is 22.9 Å². The maximum absolute atomic E-state index is 14.6. The minimum atomic E-state index is -4.90. The summed E-state index contributed by atoms with van der Waals surface area (Å²) in [4.78, 5) is 28.2. The second-order valence-electron chi connectivity index (χ2n) is 6.62. The van der Waals surface area contributed by atoms with Gasteiger partial charge in [-0.2, -0.15) is 18.2 Å². The summed E-state index contributed by atoms with van der Waals surface area (Å²) in [6, 6.07) is 1.16. The first kappa shape index (κ1) is 22.1. The van der Waals surface area contributed by atoms with E-state index in [2.05, 4.69) is 4.98 Å². The fourth-order valence-corrected chi connectivity index (χ4v) is 3.37. The van der Waals surface area contributed by atoms with Crippen LogP contribution in [0.4, 0.5) is 17.6 Å². The molecular weight excluding hydrogens is 432 g/mol. The third-order valence-electron chi connectivity index (χ3n) is 4.53. The molecule has 0 aliphatic heterocycles. The van der Waals surface area contributed by atoms with Crippen LogP contribution in [0.5, 0.6) is 6.01 Å². The van der Waals surface area contributed by atoms with E-state index in [1.165, 1.54) is 6.92 Å². The van der Waals surface area contributed by atoms with E-state index < -0.39 is 40.9 Å². The fourth-order valence-electron chi connectivity index (χ4n) is 3.14. The van der Waals surface area contributed by atoms with Gasteiger partial charge in [-0.25, -0.2) is 13.8 Å². The molecule has 30 heavy (non-hydrogen) atoms. The molecule has 0 unspecified atom stereocenters. The monoisotopic (exact) mass is 448 g/mol. The summed E-state index contributed by atoms with van der Waals surface area (Å²) < 4.78 is 64.5. The first-order valence-corrected chi connectivity index (χ1v) is 9.54. The Labute approximate surface area is 173 Å². The van der Waals surface area contributed by atoms with E-state index in [9.17, 15) is 27.2 Å². The molecule has 1 aromatic heterocycles. The Morgan fingerprint density at radius 2 is 1.93 bits per heavy atom. The normalized spacial score (nSPS) is 14.7. The van der Waals surface area contributed by atoms with E-state index in [0.717, 1.165) is 25.0 Å². The number of nitrogens with zero attached hydrogens (tertiary/aromatic N) is 2. The fraction of sp³-hybridized carbons (Fsp3) is 0.421. The Balaban J connectivity index is 2.10. The third kappa shape index (κ3) is 4.58. The molecule has 0 atom stereocenters. The van der Waals surface area contributed by atoms with E-state index >= 15 is 0 Å². The first-order valence-electron chi connectivity index (χ1n) is 9.16. The van der Waals surface area contributed by atoms with Crippen molar-refractivity contribution in [1.82, 2.24) is 9.55 Å². The Kier molecular flexibility index (Phi) is 6.35. The van der Waals surface area contributed by atoms with Gasteiger partial charge in [0.1, 0.15) is 11.9 Å². The molecule has 0 bridgehead atoms. The number of halogens is 5. The molecule has 1 aliphatic rings. The van der Waals surface area contributed by atoms with E-state index in [4.69, 9.17) is 21.1 Å². The van der Waals surface area contributed by atoms with Gasteiger partial charge in [0.15, 0.2) is 5.69 Å². The highest BCUT2D eigenvalue weighted by Gasteiger charge is 2.35. The Morgan fingerprint density at radius 3 is 2.53 bits per heavy atom. The highest BCUT2D eigenvalue weighted by Crippen LogP contribution is 2.31. The van der Waals surface area contributed by atoms with Crippen molar-refractivity contribution < 1.29 is 31.8 Å². The van der Waals surface area contributed by atoms with Crippen LogP contribution in [0.1, 0.15) is 48.7 Å². The van der Waals surface area contributed by atoms with Crippen molar-refractivity contribution in [2.24, 2.45) is 0 Å². The number of carbonyl (C=O) groups is 1. The molecule has 0 radical (unpaired) electrons. The Bertz CT molecular complexity index is 1020. The quantitative estimate of drug-likeness (QED) is 0.496. The summed E-state index contributed by atoms with van der Waals surface area (Å²) in [6.07, 6.45) is -2.01. The van der Waals surface area contributed by atoms with Crippen LogP contribution < -0.4 is 10.3 Å². The van der Waals surface area contributed by atoms with Crippen molar-refractivity contribution in [3.8, 4) is 11.7 Å². The summed E-state index contributed by atoms with van der Waals surface area (Å²) in [6.45, 7) is 1.32. The summed E-state index contributed by atoms with van der Waals surface area (Å²) in [5.74, 6) is -1.87. The van der Waals surface area contributed by atoms with Crippen molar-refractivity contribution >= 4 is 17.6 Å². The molecule has 0 N–H and O–H groups in total. The predicted octanol–water partition coefficient (Wildman–Crippen LogP) is 4.54. The average Bonchev–Trinajstić information content (AvgIpc) is 3.15. The molecule has 1 fully saturated rings. The van der Waals surface area contributed by atoms with E-state index in [-0.39, 0.29) is 29.4 Å². The lowest BCUT2D eigenvalue weighted by Crippen LogP contribution is -2.26. The van der Waals surface area contributed by atoms with Crippen LogP contribution in [0.2, 0.25) is 5.02 Å².